The standard InChI is InChI=1S/C15H19BrFNO/c1-9(2)6-13-15(3,8-14(19)18-13)11-5-4-10(16)7-12(11)17/h4-5,7,9,13H,6,8H2,1-3H3,(H,18,19). The normalized spacial score (nSPS) is 26.8. The molecule has 1 amide bonds. The quantitative estimate of drug-likeness (QED) is 0.899. The van der Waals surface area contributed by atoms with Crippen LogP contribution in [0.4, 0.5) is 4.39 Å². The van der Waals surface area contributed by atoms with Gasteiger partial charge >= 0.3 is 0 Å². The van der Waals surface area contributed by atoms with Crippen molar-refractivity contribution in [3.05, 3.63) is 34.1 Å². The van der Waals surface area contributed by atoms with Crippen LogP contribution in [-0.4, -0.2) is 11.9 Å². The molecule has 2 unspecified atom stereocenters. The maximum atomic E-state index is 14.2. The monoisotopic (exact) mass is 327 g/mol. The fourth-order valence-corrected chi connectivity index (χ4v) is 3.22. The van der Waals surface area contributed by atoms with Gasteiger partial charge in [0, 0.05) is 22.4 Å². The summed E-state index contributed by atoms with van der Waals surface area (Å²) < 4.78 is 14.9. The van der Waals surface area contributed by atoms with Crippen LogP contribution in [0.1, 0.15) is 39.2 Å². The molecule has 1 fully saturated rings. The summed E-state index contributed by atoms with van der Waals surface area (Å²) in [5, 5.41) is 3.00. The van der Waals surface area contributed by atoms with Crippen LogP contribution in [0.15, 0.2) is 22.7 Å². The van der Waals surface area contributed by atoms with E-state index in [1.807, 2.05) is 13.0 Å². The van der Waals surface area contributed by atoms with Crippen molar-refractivity contribution in [3.8, 4) is 0 Å². The molecule has 1 aliphatic rings. The third-order valence-electron chi connectivity index (χ3n) is 3.89. The van der Waals surface area contributed by atoms with E-state index in [-0.39, 0.29) is 17.8 Å². The number of amides is 1. The topological polar surface area (TPSA) is 29.1 Å². The molecule has 1 N–H and O–H groups in total. The molecule has 1 aliphatic heterocycles. The van der Waals surface area contributed by atoms with E-state index >= 15 is 0 Å². The van der Waals surface area contributed by atoms with E-state index in [2.05, 4.69) is 35.1 Å². The van der Waals surface area contributed by atoms with E-state index in [4.69, 9.17) is 0 Å². The van der Waals surface area contributed by atoms with Crippen molar-refractivity contribution in [1.29, 1.82) is 0 Å². The summed E-state index contributed by atoms with van der Waals surface area (Å²) in [6.07, 6.45) is 1.21. The number of hydrogen-bond acceptors (Lipinski definition) is 1. The smallest absolute Gasteiger partial charge is 0.221 e. The summed E-state index contributed by atoms with van der Waals surface area (Å²) in [4.78, 5) is 11.8. The molecule has 1 heterocycles. The number of carbonyl (C=O) groups excluding carboxylic acids is 1. The highest BCUT2D eigenvalue weighted by Crippen LogP contribution is 2.40. The molecule has 104 valence electrons. The van der Waals surface area contributed by atoms with E-state index in [1.54, 1.807) is 6.07 Å². The maximum absolute atomic E-state index is 14.2. The highest BCUT2D eigenvalue weighted by atomic mass is 79.9. The molecule has 0 aromatic heterocycles. The second-order valence-electron chi connectivity index (χ2n) is 5.97. The highest BCUT2D eigenvalue weighted by Gasteiger charge is 2.45. The number of halogens is 2. The Morgan fingerprint density at radius 1 is 1.53 bits per heavy atom. The van der Waals surface area contributed by atoms with E-state index in [0.717, 1.165) is 10.9 Å². The van der Waals surface area contributed by atoms with Crippen LogP contribution in [0.2, 0.25) is 0 Å². The number of carbonyl (C=O) groups is 1. The summed E-state index contributed by atoms with van der Waals surface area (Å²) >= 11 is 3.27. The molecule has 0 radical (unpaired) electrons. The van der Waals surface area contributed by atoms with Crippen LogP contribution in [-0.2, 0) is 10.2 Å². The van der Waals surface area contributed by atoms with Crippen LogP contribution in [0, 0.1) is 11.7 Å². The molecular weight excluding hydrogens is 309 g/mol. The second-order valence-corrected chi connectivity index (χ2v) is 6.88. The van der Waals surface area contributed by atoms with Gasteiger partial charge < -0.3 is 5.32 Å². The number of nitrogens with one attached hydrogen (secondary N) is 1. The van der Waals surface area contributed by atoms with Crippen molar-refractivity contribution >= 4 is 21.8 Å². The summed E-state index contributed by atoms with van der Waals surface area (Å²) in [7, 11) is 0. The lowest BCUT2D eigenvalue weighted by atomic mass is 9.73. The molecule has 19 heavy (non-hydrogen) atoms. The first-order valence-electron chi connectivity index (χ1n) is 6.58. The molecular formula is C15H19BrFNO. The van der Waals surface area contributed by atoms with Gasteiger partial charge in [-0.15, -0.1) is 0 Å². The van der Waals surface area contributed by atoms with Crippen molar-refractivity contribution in [1.82, 2.24) is 5.32 Å². The van der Waals surface area contributed by atoms with Crippen molar-refractivity contribution in [2.45, 2.75) is 45.1 Å². The highest BCUT2D eigenvalue weighted by molar-refractivity contribution is 9.10. The Bertz CT molecular complexity index is 503. The summed E-state index contributed by atoms with van der Waals surface area (Å²) in [6.45, 7) is 6.20. The average molecular weight is 328 g/mol. The molecule has 2 atom stereocenters. The van der Waals surface area contributed by atoms with Crippen molar-refractivity contribution in [3.63, 3.8) is 0 Å². The molecule has 4 heteroatoms. The summed E-state index contributed by atoms with van der Waals surface area (Å²) in [5.74, 6) is 0.221. The first-order valence-corrected chi connectivity index (χ1v) is 7.37. The predicted molar refractivity (Wildman–Crippen MR) is 77.5 cm³/mol. The molecule has 1 aromatic rings. The van der Waals surface area contributed by atoms with Gasteiger partial charge in [-0.05, 0) is 30.0 Å². The van der Waals surface area contributed by atoms with Gasteiger partial charge in [0.05, 0.1) is 0 Å². The van der Waals surface area contributed by atoms with Crippen molar-refractivity contribution < 1.29 is 9.18 Å². The Morgan fingerprint density at radius 2 is 2.21 bits per heavy atom. The van der Waals surface area contributed by atoms with Gasteiger partial charge in [-0.2, -0.15) is 0 Å². The Balaban J connectivity index is 2.40. The average Bonchev–Trinajstić information content (AvgIpc) is 2.53. The fraction of sp³-hybridized carbons (Fsp3) is 0.533. The summed E-state index contributed by atoms with van der Waals surface area (Å²) in [5.41, 5.74) is 0.159. The molecule has 0 aliphatic carbocycles. The maximum Gasteiger partial charge on any atom is 0.221 e. The molecule has 2 nitrogen and oxygen atoms in total. The third kappa shape index (κ3) is 2.83. The zero-order chi connectivity index (χ0) is 14.2. The van der Waals surface area contributed by atoms with Crippen LogP contribution < -0.4 is 5.32 Å². The van der Waals surface area contributed by atoms with E-state index in [9.17, 15) is 9.18 Å². The SMILES string of the molecule is CC(C)CC1NC(=O)CC1(C)c1ccc(Br)cc1F. The van der Waals surface area contributed by atoms with Crippen molar-refractivity contribution in [2.24, 2.45) is 5.92 Å². The largest absolute Gasteiger partial charge is 0.352 e. The van der Waals surface area contributed by atoms with Gasteiger partial charge in [-0.1, -0.05) is 42.8 Å². The number of rotatable bonds is 3. The minimum atomic E-state index is -0.466. The van der Waals surface area contributed by atoms with Gasteiger partial charge in [-0.25, -0.2) is 4.39 Å². The van der Waals surface area contributed by atoms with E-state index in [0.29, 0.717) is 17.9 Å². The van der Waals surface area contributed by atoms with Gasteiger partial charge in [-0.3, -0.25) is 4.79 Å². The minimum absolute atomic E-state index is 0.00400. The van der Waals surface area contributed by atoms with E-state index in [1.165, 1.54) is 6.07 Å². The molecule has 2 rings (SSSR count). The molecule has 1 saturated heterocycles. The third-order valence-corrected chi connectivity index (χ3v) is 4.38. The van der Waals surface area contributed by atoms with Gasteiger partial charge in [0.15, 0.2) is 0 Å². The zero-order valence-electron chi connectivity index (χ0n) is 11.5. The lowest BCUT2D eigenvalue weighted by molar-refractivity contribution is -0.119. The van der Waals surface area contributed by atoms with Gasteiger partial charge in [0.1, 0.15) is 5.82 Å². The van der Waals surface area contributed by atoms with E-state index < -0.39 is 5.41 Å². The Morgan fingerprint density at radius 3 is 2.79 bits per heavy atom. The van der Waals surface area contributed by atoms with Crippen LogP contribution in [0.25, 0.3) is 0 Å². The molecule has 0 saturated carbocycles. The van der Waals surface area contributed by atoms with Crippen molar-refractivity contribution in [2.75, 3.05) is 0 Å². The zero-order valence-corrected chi connectivity index (χ0v) is 13.1. The molecule has 0 spiro atoms. The second kappa shape index (κ2) is 5.23. The lowest BCUT2D eigenvalue weighted by Gasteiger charge is -2.32. The fourth-order valence-electron chi connectivity index (χ4n) is 2.89. The number of hydrogen-bond donors (Lipinski definition) is 1. The first kappa shape index (κ1) is 14.5. The van der Waals surface area contributed by atoms with Crippen LogP contribution >= 0.6 is 15.9 Å². The first-order chi connectivity index (χ1) is 8.83. The van der Waals surface area contributed by atoms with Crippen LogP contribution in [0.3, 0.4) is 0 Å². The Kier molecular flexibility index (Phi) is 4.00. The Hall–Kier alpha value is -0.900. The van der Waals surface area contributed by atoms with Crippen LogP contribution in [0.5, 0.6) is 0 Å². The Labute approximate surface area is 121 Å². The minimum Gasteiger partial charge on any atom is -0.352 e. The summed E-state index contributed by atoms with van der Waals surface area (Å²) in [6, 6.07) is 5.08. The number of benzene rings is 1. The molecule has 1 aromatic carbocycles. The van der Waals surface area contributed by atoms with Gasteiger partial charge in [0.2, 0.25) is 5.91 Å². The molecule has 0 bridgehead atoms. The predicted octanol–water partition coefficient (Wildman–Crippen LogP) is 3.78. The van der Waals surface area contributed by atoms with Gasteiger partial charge in [0.25, 0.3) is 0 Å². The lowest BCUT2D eigenvalue weighted by Crippen LogP contribution is -2.40.